The van der Waals surface area contributed by atoms with Gasteiger partial charge in [-0.2, -0.15) is 0 Å². The van der Waals surface area contributed by atoms with Crippen molar-refractivity contribution in [3.05, 3.63) is 106 Å². The average molecular weight is 629 g/mol. The topological polar surface area (TPSA) is 87.9 Å². The van der Waals surface area contributed by atoms with Gasteiger partial charge in [-0.15, -0.1) is 0 Å². The molecule has 0 radical (unpaired) electrons. The van der Waals surface area contributed by atoms with Crippen molar-refractivity contribution in [2.45, 2.75) is 12.8 Å². The van der Waals surface area contributed by atoms with E-state index < -0.39 is 5.82 Å². The van der Waals surface area contributed by atoms with Crippen molar-refractivity contribution in [3.63, 3.8) is 0 Å². The number of nitrogens with zero attached hydrogens (tertiary/aromatic N) is 4. The zero-order valence-electron chi connectivity index (χ0n) is 25.7. The van der Waals surface area contributed by atoms with Crippen LogP contribution in [0.25, 0.3) is 22.0 Å². The maximum atomic E-state index is 15.6. The molecule has 1 aliphatic heterocycles. The Bertz CT molecular complexity index is 1890. The predicted octanol–water partition coefficient (Wildman–Crippen LogP) is 5.77. The van der Waals surface area contributed by atoms with E-state index in [-0.39, 0.29) is 22.7 Å². The van der Waals surface area contributed by atoms with Crippen LogP contribution >= 0.6 is 0 Å². The van der Waals surface area contributed by atoms with Gasteiger partial charge in [0.2, 0.25) is 5.88 Å². The standard InChI is InChI=1S/C35H34F2N4O5/c1-40-32(19-23-7-10-25(36)11-8-23)38-22-26(35(40)42)24-9-12-29(27(37)20-24)46-31-21-33(39-28-5-3-6-30(43-2)34(28)31)45-16-4-13-41-14-17-44-18-15-41/h3,5-12,20-22H,4,13-19H2,1-2H3. The number of aromatic nitrogens is 3. The molecule has 1 aliphatic rings. The van der Waals surface area contributed by atoms with Crippen LogP contribution in [0.1, 0.15) is 17.8 Å². The minimum atomic E-state index is -0.664. The van der Waals surface area contributed by atoms with E-state index in [1.165, 1.54) is 35.0 Å². The molecule has 1 fully saturated rings. The monoisotopic (exact) mass is 628 g/mol. The molecule has 0 saturated carbocycles. The molecular weight excluding hydrogens is 594 g/mol. The zero-order valence-corrected chi connectivity index (χ0v) is 25.7. The van der Waals surface area contributed by atoms with E-state index in [4.69, 9.17) is 18.9 Å². The molecule has 11 heteroatoms. The molecule has 0 unspecified atom stereocenters. The van der Waals surface area contributed by atoms with Gasteiger partial charge in [0.25, 0.3) is 5.56 Å². The summed E-state index contributed by atoms with van der Waals surface area (Å²) in [5, 5.41) is 0.573. The van der Waals surface area contributed by atoms with Crippen LogP contribution in [-0.2, 0) is 18.2 Å². The van der Waals surface area contributed by atoms with Crippen molar-refractivity contribution in [3.8, 4) is 34.3 Å². The van der Waals surface area contributed by atoms with E-state index in [0.29, 0.717) is 52.7 Å². The smallest absolute Gasteiger partial charge is 0.261 e. The van der Waals surface area contributed by atoms with Crippen molar-refractivity contribution in [1.82, 2.24) is 19.4 Å². The van der Waals surface area contributed by atoms with Gasteiger partial charge in [0.1, 0.15) is 23.1 Å². The lowest BCUT2D eigenvalue weighted by molar-refractivity contribution is 0.0357. The van der Waals surface area contributed by atoms with Gasteiger partial charge in [-0.1, -0.05) is 24.3 Å². The highest BCUT2D eigenvalue weighted by atomic mass is 19.1. The molecule has 1 saturated heterocycles. The lowest BCUT2D eigenvalue weighted by Gasteiger charge is -2.26. The molecular formula is C35H34F2N4O5. The van der Waals surface area contributed by atoms with Gasteiger partial charge in [0.05, 0.1) is 43.4 Å². The van der Waals surface area contributed by atoms with Crippen LogP contribution in [0.15, 0.2) is 77.7 Å². The van der Waals surface area contributed by atoms with Gasteiger partial charge in [-0.3, -0.25) is 14.3 Å². The second kappa shape index (κ2) is 14.1. The first-order valence-electron chi connectivity index (χ1n) is 15.1. The number of benzene rings is 3. The SMILES string of the molecule is COc1cccc2nc(OCCCN3CCOCC3)cc(Oc3ccc(-c4cnc(Cc5ccc(F)cc5)n(C)c4=O)cc3F)c12. The summed E-state index contributed by atoms with van der Waals surface area (Å²) in [6.07, 6.45) is 2.59. The molecule has 3 heterocycles. The Balaban J connectivity index is 1.22. The zero-order chi connectivity index (χ0) is 32.0. The van der Waals surface area contributed by atoms with Crippen LogP contribution in [0.4, 0.5) is 8.78 Å². The average Bonchev–Trinajstić information content (AvgIpc) is 3.07. The molecule has 46 heavy (non-hydrogen) atoms. The number of methoxy groups -OCH3 is 1. The summed E-state index contributed by atoms with van der Waals surface area (Å²) in [5.41, 5.74) is 1.64. The number of pyridine rings is 1. The number of fused-ring (bicyclic) bond motifs is 1. The van der Waals surface area contributed by atoms with Gasteiger partial charge in [0.15, 0.2) is 11.6 Å². The van der Waals surface area contributed by atoms with Crippen molar-refractivity contribution >= 4 is 10.9 Å². The van der Waals surface area contributed by atoms with Crippen molar-refractivity contribution in [1.29, 1.82) is 0 Å². The van der Waals surface area contributed by atoms with Crippen LogP contribution < -0.4 is 19.8 Å². The molecule has 0 spiro atoms. The number of rotatable bonds is 11. The molecule has 0 N–H and O–H groups in total. The third-order valence-corrected chi connectivity index (χ3v) is 7.93. The van der Waals surface area contributed by atoms with E-state index in [2.05, 4.69) is 14.9 Å². The van der Waals surface area contributed by atoms with E-state index >= 15 is 4.39 Å². The molecule has 0 bridgehead atoms. The van der Waals surface area contributed by atoms with Crippen molar-refractivity contribution in [2.24, 2.45) is 7.05 Å². The predicted molar refractivity (Wildman–Crippen MR) is 170 cm³/mol. The van der Waals surface area contributed by atoms with Crippen LogP contribution in [0.5, 0.6) is 23.1 Å². The van der Waals surface area contributed by atoms with Gasteiger partial charge in [-0.05, 0) is 53.9 Å². The van der Waals surface area contributed by atoms with Crippen molar-refractivity contribution < 1.29 is 27.7 Å². The van der Waals surface area contributed by atoms with E-state index in [1.807, 2.05) is 12.1 Å². The summed E-state index contributed by atoms with van der Waals surface area (Å²) in [6, 6.07) is 17.4. The van der Waals surface area contributed by atoms with E-state index in [0.717, 1.165) is 44.8 Å². The Kier molecular flexibility index (Phi) is 9.51. The fraction of sp³-hybridized carbons (Fsp3) is 0.286. The first kappa shape index (κ1) is 31.1. The third-order valence-electron chi connectivity index (χ3n) is 7.93. The van der Waals surface area contributed by atoms with E-state index in [9.17, 15) is 9.18 Å². The van der Waals surface area contributed by atoms with Gasteiger partial charge in [0, 0.05) is 45.4 Å². The molecule has 5 aromatic rings. The first-order valence-corrected chi connectivity index (χ1v) is 15.1. The molecule has 9 nitrogen and oxygen atoms in total. The summed E-state index contributed by atoms with van der Waals surface area (Å²) in [4.78, 5) is 24.7. The fourth-order valence-corrected chi connectivity index (χ4v) is 5.41. The lowest BCUT2D eigenvalue weighted by atomic mass is 10.1. The second-order valence-electron chi connectivity index (χ2n) is 11.0. The van der Waals surface area contributed by atoms with Crippen LogP contribution in [0.2, 0.25) is 0 Å². The maximum Gasteiger partial charge on any atom is 0.261 e. The van der Waals surface area contributed by atoms with Crippen LogP contribution in [0.3, 0.4) is 0 Å². The molecule has 6 rings (SSSR count). The minimum Gasteiger partial charge on any atom is -0.496 e. The Morgan fingerprint density at radius 1 is 0.957 bits per heavy atom. The van der Waals surface area contributed by atoms with Crippen LogP contribution in [-0.4, -0.2) is 66.0 Å². The second-order valence-corrected chi connectivity index (χ2v) is 11.0. The quantitative estimate of drug-likeness (QED) is 0.171. The molecule has 2 aromatic heterocycles. The number of halogens is 2. The summed E-state index contributed by atoms with van der Waals surface area (Å²) >= 11 is 0. The lowest BCUT2D eigenvalue weighted by Crippen LogP contribution is -2.37. The molecule has 238 valence electrons. The van der Waals surface area contributed by atoms with Gasteiger partial charge >= 0.3 is 0 Å². The highest BCUT2D eigenvalue weighted by Crippen LogP contribution is 2.39. The summed E-state index contributed by atoms with van der Waals surface area (Å²) in [6.45, 7) is 4.64. The highest BCUT2D eigenvalue weighted by Gasteiger charge is 2.18. The summed E-state index contributed by atoms with van der Waals surface area (Å²) < 4.78 is 53.4. The first-order chi connectivity index (χ1) is 22.4. The number of hydrogen-bond acceptors (Lipinski definition) is 8. The number of hydrogen-bond donors (Lipinski definition) is 0. The van der Waals surface area contributed by atoms with Crippen LogP contribution in [0, 0.1) is 11.6 Å². The molecule has 0 atom stereocenters. The number of morpholine rings is 1. The molecule has 0 amide bonds. The highest BCUT2D eigenvalue weighted by molar-refractivity contribution is 5.92. The van der Waals surface area contributed by atoms with Crippen molar-refractivity contribution in [2.75, 3.05) is 46.6 Å². The molecule has 0 aliphatic carbocycles. The Morgan fingerprint density at radius 3 is 2.52 bits per heavy atom. The Hall–Kier alpha value is -4.87. The summed E-state index contributed by atoms with van der Waals surface area (Å²) in [5.74, 6) is 0.645. The third kappa shape index (κ3) is 7.00. The summed E-state index contributed by atoms with van der Waals surface area (Å²) in [7, 11) is 3.15. The van der Waals surface area contributed by atoms with E-state index in [1.54, 1.807) is 44.5 Å². The Labute approximate surface area is 265 Å². The minimum absolute atomic E-state index is 0.0434. The largest absolute Gasteiger partial charge is 0.496 e. The maximum absolute atomic E-state index is 15.6. The normalized spacial score (nSPS) is 13.6. The van der Waals surface area contributed by atoms with Gasteiger partial charge < -0.3 is 18.9 Å². The van der Waals surface area contributed by atoms with Gasteiger partial charge in [-0.25, -0.2) is 18.7 Å². The Morgan fingerprint density at radius 2 is 1.76 bits per heavy atom. The number of ether oxygens (including phenoxy) is 4. The molecule has 3 aromatic carbocycles. The fourth-order valence-electron chi connectivity index (χ4n) is 5.41.